The Morgan fingerprint density at radius 2 is 1.90 bits per heavy atom. The van der Waals surface area contributed by atoms with Crippen molar-refractivity contribution < 1.29 is 14.7 Å². The van der Waals surface area contributed by atoms with E-state index in [-0.39, 0.29) is 23.7 Å². The van der Waals surface area contributed by atoms with Crippen LogP contribution in [0.4, 0.5) is 0 Å². The minimum atomic E-state index is -0.761. The van der Waals surface area contributed by atoms with E-state index in [9.17, 15) is 14.7 Å². The van der Waals surface area contributed by atoms with Gasteiger partial charge in [-0.25, -0.2) is 0 Å². The van der Waals surface area contributed by atoms with E-state index < -0.39 is 5.97 Å². The topological polar surface area (TPSA) is 57.6 Å². The molecule has 0 radical (unpaired) electrons. The van der Waals surface area contributed by atoms with E-state index in [4.69, 9.17) is 0 Å². The fraction of sp³-hybridized carbons (Fsp3) is 0.882. The van der Waals surface area contributed by atoms with Gasteiger partial charge in [-0.3, -0.25) is 9.59 Å². The Balaban J connectivity index is 1.96. The zero-order valence-electron chi connectivity index (χ0n) is 13.4. The minimum Gasteiger partial charge on any atom is -0.481 e. The first-order valence-electron chi connectivity index (χ1n) is 8.52. The Morgan fingerprint density at radius 3 is 2.48 bits per heavy atom. The largest absolute Gasteiger partial charge is 0.481 e. The first-order valence-corrected chi connectivity index (χ1v) is 8.52. The molecule has 120 valence electrons. The fourth-order valence-electron chi connectivity index (χ4n) is 4.06. The van der Waals surface area contributed by atoms with Crippen molar-refractivity contribution in [2.45, 2.75) is 58.8 Å². The highest BCUT2D eigenvalue weighted by Crippen LogP contribution is 2.33. The van der Waals surface area contributed by atoms with E-state index >= 15 is 0 Å². The summed E-state index contributed by atoms with van der Waals surface area (Å²) in [5, 5.41) is 9.24. The van der Waals surface area contributed by atoms with Crippen LogP contribution < -0.4 is 0 Å². The molecule has 4 nitrogen and oxygen atoms in total. The van der Waals surface area contributed by atoms with Gasteiger partial charge in [-0.15, -0.1) is 0 Å². The minimum absolute atomic E-state index is 0.0906. The third-order valence-electron chi connectivity index (χ3n) is 5.26. The lowest BCUT2D eigenvalue weighted by molar-refractivity contribution is -0.148. The summed E-state index contributed by atoms with van der Waals surface area (Å²) in [6.07, 6.45) is 7.69. The van der Waals surface area contributed by atoms with E-state index in [2.05, 4.69) is 6.92 Å². The van der Waals surface area contributed by atoms with Gasteiger partial charge < -0.3 is 10.0 Å². The average molecular weight is 295 g/mol. The number of hydrogen-bond acceptors (Lipinski definition) is 2. The normalized spacial score (nSPS) is 28.6. The molecule has 21 heavy (non-hydrogen) atoms. The van der Waals surface area contributed by atoms with Crippen LogP contribution in [-0.2, 0) is 9.59 Å². The van der Waals surface area contributed by atoms with Crippen LogP contribution in [-0.4, -0.2) is 35.0 Å². The van der Waals surface area contributed by atoms with Gasteiger partial charge in [0.05, 0.1) is 5.92 Å². The first kappa shape index (κ1) is 16.3. The van der Waals surface area contributed by atoms with Crippen LogP contribution in [0.1, 0.15) is 58.8 Å². The number of nitrogens with zero attached hydrogens (tertiary/aromatic N) is 1. The molecule has 1 saturated heterocycles. The molecule has 1 aliphatic carbocycles. The summed E-state index contributed by atoms with van der Waals surface area (Å²) in [5.74, 6) is 0.129. The molecule has 1 heterocycles. The summed E-state index contributed by atoms with van der Waals surface area (Å²) in [7, 11) is 0. The number of carbonyl (C=O) groups excluding carboxylic acids is 1. The van der Waals surface area contributed by atoms with E-state index in [0.717, 1.165) is 19.4 Å². The van der Waals surface area contributed by atoms with Crippen molar-refractivity contribution in [1.82, 2.24) is 4.90 Å². The number of aliphatic carboxylic acids is 1. The van der Waals surface area contributed by atoms with Gasteiger partial charge in [0.15, 0.2) is 0 Å². The molecular formula is C17H29NO3. The quantitative estimate of drug-likeness (QED) is 0.847. The Morgan fingerprint density at radius 1 is 1.24 bits per heavy atom. The second kappa shape index (κ2) is 7.28. The van der Waals surface area contributed by atoms with Gasteiger partial charge in [-0.2, -0.15) is 0 Å². The Labute approximate surface area is 127 Å². The molecule has 2 rings (SSSR count). The molecule has 4 heteroatoms. The summed E-state index contributed by atoms with van der Waals surface area (Å²) in [6.45, 7) is 5.26. The monoisotopic (exact) mass is 295 g/mol. The number of carboxylic acids is 1. The molecule has 1 saturated carbocycles. The second-order valence-corrected chi connectivity index (χ2v) is 7.11. The molecule has 2 aliphatic rings. The van der Waals surface area contributed by atoms with Crippen LogP contribution in [0.15, 0.2) is 0 Å². The summed E-state index contributed by atoms with van der Waals surface area (Å²) in [4.78, 5) is 25.8. The number of carboxylic acid groups (broad SMARTS) is 1. The maximum absolute atomic E-state index is 12.8. The first-order chi connectivity index (χ1) is 10.0. The van der Waals surface area contributed by atoms with Crippen molar-refractivity contribution in [3.8, 4) is 0 Å². The molecule has 0 spiro atoms. The highest BCUT2D eigenvalue weighted by atomic mass is 16.4. The molecule has 3 atom stereocenters. The SMILES string of the molecule is CCC(CC1CCCC1)C(=O)N1CC(C)CC(C(=O)O)C1. The average Bonchev–Trinajstić information content (AvgIpc) is 2.96. The summed E-state index contributed by atoms with van der Waals surface area (Å²) in [5.41, 5.74) is 0. The smallest absolute Gasteiger partial charge is 0.308 e. The van der Waals surface area contributed by atoms with E-state index in [0.29, 0.717) is 18.9 Å². The molecule has 3 unspecified atom stereocenters. The van der Waals surface area contributed by atoms with Gasteiger partial charge in [-0.05, 0) is 31.1 Å². The number of hydrogen-bond donors (Lipinski definition) is 1. The summed E-state index contributed by atoms with van der Waals surface area (Å²) in [6, 6.07) is 0. The van der Waals surface area contributed by atoms with Gasteiger partial charge in [0.2, 0.25) is 5.91 Å². The number of piperidine rings is 1. The number of amides is 1. The third-order valence-corrected chi connectivity index (χ3v) is 5.26. The Kier molecular flexibility index (Phi) is 5.65. The van der Waals surface area contributed by atoms with Crippen molar-refractivity contribution in [2.75, 3.05) is 13.1 Å². The van der Waals surface area contributed by atoms with Crippen molar-refractivity contribution in [2.24, 2.45) is 23.7 Å². The van der Waals surface area contributed by atoms with Crippen LogP contribution in [0.25, 0.3) is 0 Å². The van der Waals surface area contributed by atoms with Gasteiger partial charge in [0, 0.05) is 19.0 Å². The molecule has 1 N–H and O–H groups in total. The second-order valence-electron chi connectivity index (χ2n) is 7.11. The van der Waals surface area contributed by atoms with E-state index in [1.807, 2.05) is 11.8 Å². The van der Waals surface area contributed by atoms with Crippen molar-refractivity contribution in [3.05, 3.63) is 0 Å². The molecule has 1 aliphatic heterocycles. The lowest BCUT2D eigenvalue weighted by atomic mass is 9.87. The molecule has 0 aromatic rings. The molecule has 0 aromatic heterocycles. The lowest BCUT2D eigenvalue weighted by Gasteiger charge is -2.37. The molecule has 2 fully saturated rings. The summed E-state index contributed by atoms with van der Waals surface area (Å²) >= 11 is 0. The van der Waals surface area contributed by atoms with Crippen LogP contribution in [0.5, 0.6) is 0 Å². The van der Waals surface area contributed by atoms with Gasteiger partial charge >= 0.3 is 5.97 Å². The maximum Gasteiger partial charge on any atom is 0.308 e. The van der Waals surface area contributed by atoms with Crippen LogP contribution in [0.2, 0.25) is 0 Å². The number of likely N-dealkylation sites (tertiary alicyclic amines) is 1. The molecular weight excluding hydrogens is 266 g/mol. The standard InChI is InChI=1S/C17H29NO3/c1-3-14(9-13-6-4-5-7-13)16(19)18-10-12(2)8-15(11-18)17(20)21/h12-15H,3-11H2,1-2H3,(H,20,21). The number of rotatable bonds is 5. The van der Waals surface area contributed by atoms with Crippen molar-refractivity contribution in [1.29, 1.82) is 0 Å². The van der Waals surface area contributed by atoms with Gasteiger partial charge in [-0.1, -0.05) is 39.5 Å². The lowest BCUT2D eigenvalue weighted by Crippen LogP contribution is -2.47. The van der Waals surface area contributed by atoms with Crippen LogP contribution in [0, 0.1) is 23.7 Å². The molecule has 0 bridgehead atoms. The fourth-order valence-corrected chi connectivity index (χ4v) is 4.06. The predicted octanol–water partition coefficient (Wildman–Crippen LogP) is 3.16. The zero-order valence-corrected chi connectivity index (χ0v) is 13.4. The molecule has 0 aromatic carbocycles. The highest BCUT2D eigenvalue weighted by Gasteiger charge is 2.34. The van der Waals surface area contributed by atoms with Gasteiger partial charge in [0.25, 0.3) is 0 Å². The van der Waals surface area contributed by atoms with Crippen molar-refractivity contribution in [3.63, 3.8) is 0 Å². The third kappa shape index (κ3) is 4.21. The Hall–Kier alpha value is -1.06. The molecule has 1 amide bonds. The van der Waals surface area contributed by atoms with E-state index in [1.165, 1.54) is 25.7 Å². The van der Waals surface area contributed by atoms with Crippen LogP contribution in [0.3, 0.4) is 0 Å². The van der Waals surface area contributed by atoms with Gasteiger partial charge in [0.1, 0.15) is 0 Å². The summed E-state index contributed by atoms with van der Waals surface area (Å²) < 4.78 is 0. The maximum atomic E-state index is 12.8. The van der Waals surface area contributed by atoms with E-state index in [1.54, 1.807) is 0 Å². The highest BCUT2D eigenvalue weighted by molar-refractivity contribution is 5.80. The van der Waals surface area contributed by atoms with Crippen LogP contribution >= 0.6 is 0 Å². The Bertz CT molecular complexity index is 376. The zero-order chi connectivity index (χ0) is 15.4. The predicted molar refractivity (Wildman–Crippen MR) is 81.8 cm³/mol. The van der Waals surface area contributed by atoms with Crippen molar-refractivity contribution >= 4 is 11.9 Å². The number of carbonyl (C=O) groups is 2.